The van der Waals surface area contributed by atoms with E-state index < -0.39 is 54.7 Å². The molecular formula is C49H51BrF2N7O10PS. The predicted molar refractivity (Wildman–Crippen MR) is 262 cm³/mol. The Hall–Kier alpha value is -5.88. The standard InChI is InChI=1S/C49H51BrF2N7O10PS/c1-2-56-23-20-34-15-16-39(59(34)47(65)37(28-56)54-45(63)41-26-30-25-31(10-18-40(30)71-41)49(51,52)70(67,68)69)48(66)57(33-13-11-32(50)12-14-33)24-21-42(60)53-22-5-3-4-7-29-8-6-9-35-36(29)27-58(46(35)64)38-17-19-43(61)55-44(38)62/h6,8-14,18,25-26,34,37-39H,2-3,5,15-17,19-24,27-28H2,1H3,(H,53,60)(H,54,63)(H,55,61,62)(H2,67,68,69)/t34-,37+,38?,39+/m1/s1. The van der Waals surface area contributed by atoms with Crippen molar-refractivity contribution in [2.45, 2.75) is 94.7 Å². The lowest BCUT2D eigenvalue weighted by molar-refractivity contribution is -0.142. The normalized spacial score (nSPS) is 20.6. The van der Waals surface area contributed by atoms with Gasteiger partial charge in [-0.05, 0) is 104 Å². The zero-order valence-electron chi connectivity index (χ0n) is 38.5. The molecule has 71 heavy (non-hydrogen) atoms. The van der Waals surface area contributed by atoms with Gasteiger partial charge in [0, 0.05) is 89.6 Å². The van der Waals surface area contributed by atoms with Gasteiger partial charge < -0.3 is 40.0 Å². The third kappa shape index (κ3) is 11.1. The zero-order chi connectivity index (χ0) is 50.8. The van der Waals surface area contributed by atoms with Gasteiger partial charge in [-0.1, -0.05) is 46.8 Å². The van der Waals surface area contributed by atoms with E-state index in [-0.39, 0.29) is 78.8 Å². The molecule has 4 aliphatic heterocycles. The van der Waals surface area contributed by atoms with E-state index >= 15 is 0 Å². The summed E-state index contributed by atoms with van der Waals surface area (Å²) in [6, 6.07) is 13.6. The lowest BCUT2D eigenvalue weighted by Gasteiger charge is -2.39. The molecule has 22 heteroatoms. The molecule has 17 nitrogen and oxygen atoms in total. The molecule has 3 fully saturated rings. The molecule has 0 spiro atoms. The Morgan fingerprint density at radius 2 is 1.79 bits per heavy atom. The van der Waals surface area contributed by atoms with Crippen molar-refractivity contribution in [3.63, 3.8) is 0 Å². The van der Waals surface area contributed by atoms with Crippen molar-refractivity contribution < 1.29 is 56.7 Å². The Balaban J connectivity index is 0.902. The molecule has 4 aliphatic rings. The van der Waals surface area contributed by atoms with Crippen LogP contribution in [0.3, 0.4) is 0 Å². The fourth-order valence-corrected chi connectivity index (χ4v) is 11.2. The monoisotopic (exact) mass is 1080 g/mol. The summed E-state index contributed by atoms with van der Waals surface area (Å²) in [7, 11) is -5.83. The maximum absolute atomic E-state index is 14.8. The lowest BCUT2D eigenvalue weighted by atomic mass is 10.0. The summed E-state index contributed by atoms with van der Waals surface area (Å²) in [6.07, 6.45) is 2.76. The third-order valence-electron chi connectivity index (χ3n) is 13.3. The number of amides is 7. The topological polar surface area (TPSA) is 226 Å². The van der Waals surface area contributed by atoms with Gasteiger partial charge >= 0.3 is 13.3 Å². The van der Waals surface area contributed by atoms with E-state index in [1.165, 1.54) is 21.9 Å². The van der Waals surface area contributed by atoms with E-state index in [4.69, 9.17) is 0 Å². The Morgan fingerprint density at radius 1 is 1.01 bits per heavy atom. The van der Waals surface area contributed by atoms with Crippen molar-refractivity contribution in [2.75, 3.05) is 37.6 Å². The quantitative estimate of drug-likeness (QED) is 0.0477. The van der Waals surface area contributed by atoms with Crippen molar-refractivity contribution in [1.29, 1.82) is 0 Å². The van der Waals surface area contributed by atoms with E-state index in [1.807, 2.05) is 17.9 Å². The number of likely N-dealkylation sites (N-methyl/N-ethyl adjacent to an activating group) is 1. The number of alkyl halides is 2. The van der Waals surface area contributed by atoms with Gasteiger partial charge in [0.25, 0.3) is 11.8 Å². The Morgan fingerprint density at radius 3 is 2.52 bits per heavy atom. The first-order chi connectivity index (χ1) is 33.8. The summed E-state index contributed by atoms with van der Waals surface area (Å²) in [5.74, 6) is 3.31. The smallest absolute Gasteiger partial charge is 0.356 e. The molecule has 3 aromatic carbocycles. The minimum absolute atomic E-state index is 0.000498. The minimum Gasteiger partial charge on any atom is -0.356 e. The molecule has 7 amide bonds. The van der Waals surface area contributed by atoms with Gasteiger partial charge in [-0.15, -0.1) is 11.3 Å². The van der Waals surface area contributed by atoms with Gasteiger partial charge in [0.1, 0.15) is 18.1 Å². The molecule has 0 radical (unpaired) electrons. The highest BCUT2D eigenvalue weighted by Crippen LogP contribution is 2.59. The largest absolute Gasteiger partial charge is 0.399 e. The SMILES string of the molecule is CCN1CC[C@H]2CC[C@@H](C(=O)N(CCC(=O)NCCCC#Cc3cccc4c3CN(C3CCC(=O)NC3=O)C4=O)c3ccc(Br)cc3)N2C(=O)[C@@H](NC(=O)c2cc3cc(C(F)(F)P(=O)(O)O)ccc3s2)C1. The predicted octanol–water partition coefficient (Wildman–Crippen LogP) is 5.21. The summed E-state index contributed by atoms with van der Waals surface area (Å²) in [6.45, 7) is 3.74. The number of halogens is 3. The summed E-state index contributed by atoms with van der Waals surface area (Å²) < 4.78 is 41.8. The first kappa shape index (κ1) is 51.5. The summed E-state index contributed by atoms with van der Waals surface area (Å²) in [5.41, 5.74) is -2.98. The average Bonchev–Trinajstić information content (AvgIpc) is 4.06. The Labute approximate surface area is 419 Å². The number of benzene rings is 3. The van der Waals surface area contributed by atoms with Crippen LogP contribution in [0.15, 0.2) is 71.2 Å². The molecule has 8 rings (SSSR count). The van der Waals surface area contributed by atoms with Crippen LogP contribution in [0.4, 0.5) is 14.5 Å². The van der Waals surface area contributed by atoms with Crippen LogP contribution in [0.25, 0.3) is 10.1 Å². The molecule has 374 valence electrons. The minimum atomic E-state index is -5.83. The Bertz CT molecular complexity index is 2900. The first-order valence-electron chi connectivity index (χ1n) is 23.3. The number of carbonyl (C=O) groups is 7. The number of unbranched alkanes of at least 4 members (excludes halogenated alkanes) is 1. The van der Waals surface area contributed by atoms with Gasteiger partial charge in [-0.2, -0.15) is 8.78 Å². The number of carbonyl (C=O) groups excluding carboxylic acids is 7. The average molecular weight is 1080 g/mol. The maximum atomic E-state index is 14.8. The molecule has 5 N–H and O–H groups in total. The fourth-order valence-electron chi connectivity index (χ4n) is 9.55. The van der Waals surface area contributed by atoms with Crippen molar-refractivity contribution in [3.8, 4) is 11.8 Å². The van der Waals surface area contributed by atoms with E-state index in [2.05, 4.69) is 43.7 Å². The Kier molecular flexibility index (Phi) is 15.6. The summed E-state index contributed by atoms with van der Waals surface area (Å²) in [4.78, 5) is 119. The van der Waals surface area contributed by atoms with E-state index in [0.717, 1.165) is 33.5 Å². The number of hydrogen-bond donors (Lipinski definition) is 5. The number of hydrogen-bond acceptors (Lipinski definition) is 10. The first-order valence-corrected chi connectivity index (χ1v) is 26.5. The van der Waals surface area contributed by atoms with Crippen molar-refractivity contribution in [2.24, 2.45) is 0 Å². The molecule has 1 unspecified atom stereocenters. The molecule has 1 aromatic heterocycles. The number of piperidine rings is 1. The van der Waals surface area contributed by atoms with Crippen LogP contribution in [-0.2, 0) is 40.7 Å². The van der Waals surface area contributed by atoms with E-state index in [1.54, 1.807) is 41.3 Å². The summed E-state index contributed by atoms with van der Waals surface area (Å²) >= 11 is 4.41. The van der Waals surface area contributed by atoms with Crippen LogP contribution in [0, 0.1) is 11.8 Å². The molecule has 3 saturated heterocycles. The highest BCUT2D eigenvalue weighted by molar-refractivity contribution is 9.10. The molecule has 5 heterocycles. The fraction of sp³-hybridized carbons (Fsp3) is 0.408. The van der Waals surface area contributed by atoms with Crippen LogP contribution in [-0.4, -0.2) is 123 Å². The number of imide groups is 1. The highest BCUT2D eigenvalue weighted by Gasteiger charge is 2.51. The summed E-state index contributed by atoms with van der Waals surface area (Å²) in [5, 5.41) is 8.21. The van der Waals surface area contributed by atoms with Crippen molar-refractivity contribution in [3.05, 3.63) is 98.3 Å². The molecular weight excluding hydrogens is 1030 g/mol. The number of nitrogens with one attached hydrogen (secondary N) is 3. The van der Waals surface area contributed by atoms with Gasteiger partial charge in [0.15, 0.2) is 0 Å². The zero-order valence-corrected chi connectivity index (χ0v) is 41.8. The highest BCUT2D eigenvalue weighted by atomic mass is 79.9. The van der Waals surface area contributed by atoms with Gasteiger partial charge in [-0.3, -0.25) is 43.4 Å². The third-order valence-corrected chi connectivity index (χ3v) is 16.0. The molecule has 0 bridgehead atoms. The molecule has 0 saturated carbocycles. The maximum Gasteiger partial charge on any atom is 0.399 e. The second-order valence-electron chi connectivity index (χ2n) is 17.9. The number of nitrogens with zero attached hydrogens (tertiary/aromatic N) is 4. The number of fused-ring (bicyclic) bond motifs is 3. The van der Waals surface area contributed by atoms with Crippen LogP contribution < -0.4 is 20.9 Å². The van der Waals surface area contributed by atoms with E-state index in [0.29, 0.717) is 73.3 Å². The van der Waals surface area contributed by atoms with E-state index in [9.17, 15) is 56.7 Å². The second-order valence-corrected chi connectivity index (χ2v) is 21.5. The van der Waals surface area contributed by atoms with Gasteiger partial charge in [0.2, 0.25) is 29.5 Å². The van der Waals surface area contributed by atoms with Gasteiger partial charge in [-0.25, -0.2) is 0 Å². The second kappa shape index (κ2) is 21.5. The molecule has 4 atom stereocenters. The molecule has 0 aliphatic carbocycles. The molecule has 4 aromatic rings. The van der Waals surface area contributed by atoms with Crippen molar-refractivity contribution in [1.82, 2.24) is 30.7 Å². The lowest BCUT2D eigenvalue weighted by Crippen LogP contribution is -2.61. The number of rotatable bonds is 14. The van der Waals surface area contributed by atoms with Crippen LogP contribution in [0.1, 0.15) is 95.0 Å². The number of thiophene rings is 1. The van der Waals surface area contributed by atoms with Gasteiger partial charge in [0.05, 0.1) is 4.88 Å². The van der Waals surface area contributed by atoms with Crippen LogP contribution in [0.2, 0.25) is 0 Å². The van der Waals surface area contributed by atoms with Crippen LogP contribution >= 0.6 is 34.9 Å². The van der Waals surface area contributed by atoms with Crippen LogP contribution in [0.5, 0.6) is 0 Å². The number of anilines is 1. The van der Waals surface area contributed by atoms with Crippen molar-refractivity contribution >= 4 is 92.0 Å².